The van der Waals surface area contributed by atoms with Crippen LogP contribution in [-0.4, -0.2) is 22.8 Å². The molecule has 2 N–H and O–H groups in total. The van der Waals surface area contributed by atoms with E-state index in [9.17, 15) is 15.0 Å². The third-order valence-corrected chi connectivity index (χ3v) is 5.21. The minimum Gasteiger partial charge on any atom is -0.508 e. The Morgan fingerprint density at radius 1 is 0.786 bits per heavy atom. The van der Waals surface area contributed by atoms with Crippen LogP contribution in [0.15, 0.2) is 12.1 Å². The van der Waals surface area contributed by atoms with Crippen molar-refractivity contribution in [3.05, 3.63) is 23.3 Å². The van der Waals surface area contributed by atoms with Crippen molar-refractivity contribution in [1.82, 2.24) is 0 Å². The molecule has 0 aliphatic rings. The first-order chi connectivity index (χ1) is 13.6. The molecule has 1 aromatic rings. The van der Waals surface area contributed by atoms with Gasteiger partial charge < -0.3 is 14.9 Å². The average molecular weight is 393 g/mol. The van der Waals surface area contributed by atoms with Crippen molar-refractivity contribution >= 4 is 5.97 Å². The van der Waals surface area contributed by atoms with Crippen LogP contribution in [0, 0.1) is 0 Å². The monoisotopic (exact) mass is 392 g/mol. The number of ether oxygens (including phenoxy) is 1. The van der Waals surface area contributed by atoms with E-state index >= 15 is 0 Å². The molecule has 0 aromatic heterocycles. The summed E-state index contributed by atoms with van der Waals surface area (Å²) in [5.41, 5.74) is 0.859. The summed E-state index contributed by atoms with van der Waals surface area (Å²) in [6.45, 7) is 4.26. The lowest BCUT2D eigenvalue weighted by atomic mass is 9.99. The fourth-order valence-corrected chi connectivity index (χ4v) is 3.64. The molecule has 0 fully saturated rings. The van der Waals surface area contributed by atoms with Crippen molar-refractivity contribution in [2.24, 2.45) is 0 Å². The zero-order chi connectivity index (χ0) is 20.6. The van der Waals surface area contributed by atoms with Crippen LogP contribution < -0.4 is 0 Å². The summed E-state index contributed by atoms with van der Waals surface area (Å²) in [6.07, 6.45) is 17.4. The Kier molecular flexibility index (Phi) is 13.2. The van der Waals surface area contributed by atoms with Crippen molar-refractivity contribution in [1.29, 1.82) is 0 Å². The maximum absolute atomic E-state index is 12.1. The summed E-state index contributed by atoms with van der Waals surface area (Å²) in [6, 6.07) is 2.76. The van der Waals surface area contributed by atoms with Crippen LogP contribution in [0.25, 0.3) is 0 Å². The Morgan fingerprint density at radius 2 is 1.29 bits per heavy atom. The molecule has 0 bridgehead atoms. The standard InChI is InChI=1S/C24H40O4/c1-3-5-6-7-8-9-10-11-12-13-14-15-16-17-20-18-21(25)19-22(26)23(20)24(27)28-4-2/h18-19,25-26H,3-17H2,1-2H3. The zero-order valence-electron chi connectivity index (χ0n) is 18.0. The third-order valence-electron chi connectivity index (χ3n) is 5.21. The number of benzene rings is 1. The first-order valence-corrected chi connectivity index (χ1v) is 11.3. The minimum absolute atomic E-state index is 0.0183. The second kappa shape index (κ2) is 15.2. The van der Waals surface area contributed by atoms with Crippen LogP contribution >= 0.6 is 0 Å². The van der Waals surface area contributed by atoms with Crippen molar-refractivity contribution in [2.75, 3.05) is 6.61 Å². The van der Waals surface area contributed by atoms with Gasteiger partial charge >= 0.3 is 5.97 Å². The highest BCUT2D eigenvalue weighted by atomic mass is 16.5. The molecular weight excluding hydrogens is 352 g/mol. The smallest absolute Gasteiger partial charge is 0.342 e. The lowest BCUT2D eigenvalue weighted by Gasteiger charge is -2.11. The number of unbranched alkanes of at least 4 members (excludes halogenated alkanes) is 12. The van der Waals surface area contributed by atoms with Crippen LogP contribution in [0.2, 0.25) is 0 Å². The maximum Gasteiger partial charge on any atom is 0.342 e. The van der Waals surface area contributed by atoms with E-state index in [0.717, 1.165) is 12.8 Å². The quantitative estimate of drug-likeness (QED) is 0.237. The fraction of sp³-hybridized carbons (Fsp3) is 0.708. The van der Waals surface area contributed by atoms with Crippen LogP contribution in [0.4, 0.5) is 0 Å². The number of carbonyl (C=O) groups excluding carboxylic acids is 1. The number of aryl methyl sites for hydroxylation is 1. The lowest BCUT2D eigenvalue weighted by molar-refractivity contribution is 0.0521. The molecule has 0 atom stereocenters. The summed E-state index contributed by atoms with van der Waals surface area (Å²) < 4.78 is 5.03. The van der Waals surface area contributed by atoms with E-state index in [4.69, 9.17) is 4.74 Å². The molecular formula is C24H40O4. The van der Waals surface area contributed by atoms with Crippen LogP contribution in [0.3, 0.4) is 0 Å². The predicted molar refractivity (Wildman–Crippen MR) is 115 cm³/mol. The van der Waals surface area contributed by atoms with Crippen LogP contribution in [-0.2, 0) is 11.2 Å². The summed E-state index contributed by atoms with van der Waals surface area (Å²) in [5.74, 6) is -0.747. The Balaban J connectivity index is 2.19. The number of hydrogen-bond acceptors (Lipinski definition) is 4. The van der Waals surface area contributed by atoms with E-state index in [-0.39, 0.29) is 23.7 Å². The first kappa shape index (κ1) is 24.3. The molecule has 28 heavy (non-hydrogen) atoms. The first-order valence-electron chi connectivity index (χ1n) is 11.3. The predicted octanol–water partition coefficient (Wildman–Crippen LogP) is 6.91. The average Bonchev–Trinajstić information content (AvgIpc) is 2.65. The second-order valence-electron chi connectivity index (χ2n) is 7.71. The van der Waals surface area contributed by atoms with Gasteiger partial charge in [0.25, 0.3) is 0 Å². The van der Waals surface area contributed by atoms with Gasteiger partial charge in [0.15, 0.2) is 0 Å². The van der Waals surface area contributed by atoms with Crippen molar-refractivity contribution in [3.8, 4) is 11.5 Å². The molecule has 0 spiro atoms. The molecule has 1 aromatic carbocycles. The molecule has 0 saturated heterocycles. The van der Waals surface area contributed by atoms with Crippen LogP contribution in [0.1, 0.15) is 113 Å². The molecule has 0 heterocycles. The normalized spacial score (nSPS) is 10.9. The maximum atomic E-state index is 12.1. The van der Waals surface area contributed by atoms with Crippen molar-refractivity contribution in [2.45, 2.75) is 104 Å². The highest BCUT2D eigenvalue weighted by molar-refractivity contribution is 5.94. The molecule has 0 amide bonds. The molecule has 160 valence electrons. The van der Waals surface area contributed by atoms with E-state index < -0.39 is 5.97 Å². The molecule has 0 unspecified atom stereocenters. The lowest BCUT2D eigenvalue weighted by Crippen LogP contribution is -2.08. The Bertz CT molecular complexity index is 554. The topological polar surface area (TPSA) is 66.8 Å². The highest BCUT2D eigenvalue weighted by Gasteiger charge is 2.18. The van der Waals surface area contributed by atoms with Gasteiger partial charge in [-0.1, -0.05) is 84.0 Å². The second-order valence-corrected chi connectivity index (χ2v) is 7.71. The van der Waals surface area contributed by atoms with Gasteiger partial charge in [-0.15, -0.1) is 0 Å². The number of rotatable bonds is 16. The number of phenolic OH excluding ortho intramolecular Hbond substituents is 2. The van der Waals surface area contributed by atoms with Gasteiger partial charge in [-0.3, -0.25) is 0 Å². The number of esters is 1. The number of hydrogen-bond donors (Lipinski definition) is 2. The van der Waals surface area contributed by atoms with Crippen molar-refractivity contribution in [3.63, 3.8) is 0 Å². The van der Waals surface area contributed by atoms with Crippen LogP contribution in [0.5, 0.6) is 11.5 Å². The van der Waals surface area contributed by atoms with E-state index in [2.05, 4.69) is 6.92 Å². The van der Waals surface area contributed by atoms with E-state index in [0.29, 0.717) is 12.0 Å². The Labute approximate surface area is 171 Å². The van der Waals surface area contributed by atoms with Gasteiger partial charge in [-0.05, 0) is 31.4 Å². The summed E-state index contributed by atoms with van der Waals surface area (Å²) in [4.78, 5) is 12.1. The molecule has 1 rings (SSSR count). The van der Waals surface area contributed by atoms with E-state index in [1.54, 1.807) is 13.0 Å². The highest BCUT2D eigenvalue weighted by Crippen LogP contribution is 2.29. The van der Waals surface area contributed by atoms with Gasteiger partial charge in [-0.2, -0.15) is 0 Å². The fourth-order valence-electron chi connectivity index (χ4n) is 3.64. The summed E-state index contributed by atoms with van der Waals surface area (Å²) in [5, 5.41) is 19.7. The third kappa shape index (κ3) is 10.0. The number of carbonyl (C=O) groups is 1. The largest absolute Gasteiger partial charge is 0.508 e. The molecule has 4 heteroatoms. The van der Waals surface area contributed by atoms with Gasteiger partial charge in [0.2, 0.25) is 0 Å². The molecule has 0 radical (unpaired) electrons. The molecule has 0 aliphatic carbocycles. The van der Waals surface area contributed by atoms with Gasteiger partial charge in [-0.25, -0.2) is 4.79 Å². The SMILES string of the molecule is CCCCCCCCCCCCCCCc1cc(O)cc(O)c1C(=O)OCC. The summed E-state index contributed by atoms with van der Waals surface area (Å²) >= 11 is 0. The van der Waals surface area contributed by atoms with E-state index in [1.807, 2.05) is 0 Å². The van der Waals surface area contributed by atoms with Gasteiger partial charge in [0, 0.05) is 6.07 Å². The summed E-state index contributed by atoms with van der Waals surface area (Å²) in [7, 11) is 0. The van der Waals surface area contributed by atoms with Gasteiger partial charge in [0.05, 0.1) is 6.61 Å². The minimum atomic E-state index is -0.523. The number of aromatic hydroxyl groups is 2. The molecule has 0 saturated carbocycles. The van der Waals surface area contributed by atoms with Crippen molar-refractivity contribution < 1.29 is 19.7 Å². The van der Waals surface area contributed by atoms with Gasteiger partial charge in [0.1, 0.15) is 17.1 Å². The zero-order valence-corrected chi connectivity index (χ0v) is 18.0. The van der Waals surface area contributed by atoms with E-state index in [1.165, 1.54) is 76.7 Å². The Hall–Kier alpha value is -1.71. The molecule has 0 aliphatic heterocycles. The Morgan fingerprint density at radius 3 is 1.79 bits per heavy atom. The molecule has 4 nitrogen and oxygen atoms in total. The number of phenols is 2.